The molecular weight excluding hydrogens is 168 g/mol. The summed E-state index contributed by atoms with van der Waals surface area (Å²) in [5.74, 6) is 0. The Kier molecular flexibility index (Phi) is 10.6. The molecular formula is C14H28. The largest absolute Gasteiger partial charge is 0.0853 e. The van der Waals surface area contributed by atoms with Gasteiger partial charge in [-0.25, -0.2) is 0 Å². The van der Waals surface area contributed by atoms with Crippen LogP contribution < -0.4 is 0 Å². The van der Waals surface area contributed by atoms with Crippen LogP contribution in [0.25, 0.3) is 0 Å². The second-order valence-electron chi connectivity index (χ2n) is 4.17. The molecule has 14 heavy (non-hydrogen) atoms. The van der Waals surface area contributed by atoms with Gasteiger partial charge < -0.3 is 0 Å². The third-order valence-corrected chi connectivity index (χ3v) is 2.80. The number of unbranched alkanes of at least 4 members (excludes halogenated alkanes) is 5. The highest BCUT2D eigenvalue weighted by molar-refractivity contribution is 5.00. The molecule has 0 aliphatic rings. The Morgan fingerprint density at radius 3 is 2.14 bits per heavy atom. The topological polar surface area (TPSA) is 0 Å². The van der Waals surface area contributed by atoms with Gasteiger partial charge in [-0.15, -0.1) is 0 Å². The van der Waals surface area contributed by atoms with Crippen LogP contribution in [0.15, 0.2) is 11.6 Å². The molecule has 0 amide bonds. The van der Waals surface area contributed by atoms with Crippen LogP contribution in [-0.2, 0) is 0 Å². The molecule has 0 aliphatic heterocycles. The molecule has 0 aromatic heterocycles. The average molecular weight is 196 g/mol. The second kappa shape index (κ2) is 10.8. The maximum absolute atomic E-state index is 2.48. The normalized spacial score (nSPS) is 12.1. The van der Waals surface area contributed by atoms with Crippen molar-refractivity contribution in [2.45, 2.75) is 78.6 Å². The van der Waals surface area contributed by atoms with E-state index in [9.17, 15) is 0 Å². The molecule has 0 aromatic rings. The van der Waals surface area contributed by atoms with E-state index < -0.39 is 0 Å². The molecule has 0 aromatic carbocycles. The summed E-state index contributed by atoms with van der Waals surface area (Å²) in [5, 5.41) is 0. The Hall–Kier alpha value is -0.260. The van der Waals surface area contributed by atoms with E-state index in [0.29, 0.717) is 0 Å². The fourth-order valence-electron chi connectivity index (χ4n) is 1.71. The van der Waals surface area contributed by atoms with Gasteiger partial charge in [0.15, 0.2) is 0 Å². The van der Waals surface area contributed by atoms with E-state index in [1.54, 1.807) is 5.57 Å². The van der Waals surface area contributed by atoms with Crippen molar-refractivity contribution in [1.29, 1.82) is 0 Å². The summed E-state index contributed by atoms with van der Waals surface area (Å²) in [4.78, 5) is 0. The summed E-state index contributed by atoms with van der Waals surface area (Å²) >= 11 is 0. The predicted molar refractivity (Wildman–Crippen MR) is 66.7 cm³/mol. The lowest BCUT2D eigenvalue weighted by atomic mass is 10.0. The smallest absolute Gasteiger partial charge is 0.0320 e. The van der Waals surface area contributed by atoms with Crippen molar-refractivity contribution in [2.24, 2.45) is 0 Å². The molecule has 84 valence electrons. The minimum absolute atomic E-state index is 1.26. The predicted octanol–water partition coefficient (Wildman–Crippen LogP) is 5.48. The van der Waals surface area contributed by atoms with Gasteiger partial charge in [-0.05, 0) is 25.7 Å². The van der Waals surface area contributed by atoms with Gasteiger partial charge in [0.25, 0.3) is 0 Å². The molecule has 0 aliphatic carbocycles. The summed E-state index contributed by atoms with van der Waals surface area (Å²) in [6.07, 6.45) is 14.6. The van der Waals surface area contributed by atoms with Gasteiger partial charge in [-0.3, -0.25) is 0 Å². The molecule has 0 heteroatoms. The first-order valence-electron chi connectivity index (χ1n) is 6.53. The Bertz CT molecular complexity index is 133. The van der Waals surface area contributed by atoms with Crippen LogP contribution in [0.5, 0.6) is 0 Å². The highest BCUT2D eigenvalue weighted by Gasteiger charge is 1.94. The lowest BCUT2D eigenvalue weighted by Gasteiger charge is -2.04. The maximum Gasteiger partial charge on any atom is -0.0320 e. The third kappa shape index (κ3) is 8.34. The Morgan fingerprint density at radius 1 is 0.857 bits per heavy atom. The van der Waals surface area contributed by atoms with E-state index in [2.05, 4.69) is 26.8 Å². The van der Waals surface area contributed by atoms with E-state index in [-0.39, 0.29) is 0 Å². The van der Waals surface area contributed by atoms with Crippen LogP contribution in [-0.4, -0.2) is 0 Å². The zero-order valence-electron chi connectivity index (χ0n) is 10.4. The van der Waals surface area contributed by atoms with Gasteiger partial charge in [0, 0.05) is 0 Å². The monoisotopic (exact) mass is 196 g/mol. The molecule has 0 rings (SSSR count). The molecule has 0 radical (unpaired) electrons. The molecule has 0 nitrogen and oxygen atoms in total. The van der Waals surface area contributed by atoms with Gasteiger partial charge in [0.05, 0.1) is 0 Å². The molecule has 0 fully saturated rings. The number of rotatable bonds is 9. The van der Waals surface area contributed by atoms with Crippen LogP contribution in [0.1, 0.15) is 78.6 Å². The standard InChI is InChI=1S/C14H28/c1-4-7-9-11-13-14(6-3)12-10-8-5-2/h12H,4-11,13H2,1-3H3/b14-12+. The molecule has 0 bridgehead atoms. The van der Waals surface area contributed by atoms with Crippen molar-refractivity contribution >= 4 is 0 Å². The SMILES string of the molecule is CCCC/C=C(\CC)CCCCCC. The lowest BCUT2D eigenvalue weighted by Crippen LogP contribution is -1.84. The molecule has 0 N–H and O–H groups in total. The minimum atomic E-state index is 1.26. The lowest BCUT2D eigenvalue weighted by molar-refractivity contribution is 0.655. The first-order valence-corrected chi connectivity index (χ1v) is 6.53. The summed E-state index contributed by atoms with van der Waals surface area (Å²) in [6, 6.07) is 0. The van der Waals surface area contributed by atoms with E-state index in [0.717, 1.165) is 0 Å². The van der Waals surface area contributed by atoms with Crippen molar-refractivity contribution < 1.29 is 0 Å². The summed E-state index contributed by atoms with van der Waals surface area (Å²) < 4.78 is 0. The van der Waals surface area contributed by atoms with Gasteiger partial charge >= 0.3 is 0 Å². The van der Waals surface area contributed by atoms with Crippen molar-refractivity contribution in [3.05, 3.63) is 11.6 Å². The molecule has 0 heterocycles. The highest BCUT2D eigenvalue weighted by atomic mass is 14.0. The highest BCUT2D eigenvalue weighted by Crippen LogP contribution is 2.14. The van der Waals surface area contributed by atoms with Gasteiger partial charge in [0.2, 0.25) is 0 Å². The van der Waals surface area contributed by atoms with Crippen molar-refractivity contribution in [3.63, 3.8) is 0 Å². The average Bonchev–Trinajstić information content (AvgIpc) is 2.22. The van der Waals surface area contributed by atoms with E-state index in [4.69, 9.17) is 0 Å². The van der Waals surface area contributed by atoms with Crippen LogP contribution >= 0.6 is 0 Å². The van der Waals surface area contributed by atoms with E-state index >= 15 is 0 Å². The van der Waals surface area contributed by atoms with Crippen LogP contribution in [0.2, 0.25) is 0 Å². The first kappa shape index (κ1) is 13.7. The second-order valence-corrected chi connectivity index (χ2v) is 4.17. The Balaban J connectivity index is 3.51. The van der Waals surface area contributed by atoms with E-state index in [1.807, 2.05) is 0 Å². The molecule has 0 saturated carbocycles. The zero-order valence-corrected chi connectivity index (χ0v) is 10.4. The molecule has 0 unspecified atom stereocenters. The Labute approximate surface area is 90.8 Å². The quantitative estimate of drug-likeness (QED) is 0.338. The molecule has 0 spiro atoms. The van der Waals surface area contributed by atoms with Crippen LogP contribution in [0, 0.1) is 0 Å². The number of hydrogen-bond donors (Lipinski definition) is 0. The molecule has 0 atom stereocenters. The van der Waals surface area contributed by atoms with Crippen molar-refractivity contribution in [1.82, 2.24) is 0 Å². The van der Waals surface area contributed by atoms with Gasteiger partial charge in [-0.2, -0.15) is 0 Å². The molecule has 0 saturated heterocycles. The fourth-order valence-corrected chi connectivity index (χ4v) is 1.71. The van der Waals surface area contributed by atoms with E-state index in [1.165, 1.54) is 57.8 Å². The Morgan fingerprint density at radius 2 is 1.57 bits per heavy atom. The summed E-state index contributed by atoms with van der Waals surface area (Å²) in [7, 11) is 0. The number of allylic oxidation sites excluding steroid dienone is 2. The van der Waals surface area contributed by atoms with Crippen molar-refractivity contribution in [3.8, 4) is 0 Å². The zero-order chi connectivity index (χ0) is 10.6. The third-order valence-electron chi connectivity index (χ3n) is 2.80. The van der Waals surface area contributed by atoms with Crippen molar-refractivity contribution in [2.75, 3.05) is 0 Å². The van der Waals surface area contributed by atoms with Crippen LogP contribution in [0.4, 0.5) is 0 Å². The summed E-state index contributed by atoms with van der Waals surface area (Å²) in [5.41, 5.74) is 1.69. The fraction of sp³-hybridized carbons (Fsp3) is 0.857. The summed E-state index contributed by atoms with van der Waals surface area (Å²) in [6.45, 7) is 6.83. The van der Waals surface area contributed by atoms with Gasteiger partial charge in [0.1, 0.15) is 0 Å². The maximum atomic E-state index is 2.48. The van der Waals surface area contributed by atoms with Gasteiger partial charge in [-0.1, -0.05) is 64.5 Å². The number of hydrogen-bond acceptors (Lipinski definition) is 0. The van der Waals surface area contributed by atoms with Crippen LogP contribution in [0.3, 0.4) is 0 Å². The minimum Gasteiger partial charge on any atom is -0.0853 e. The first-order chi connectivity index (χ1) is 6.85.